The average Bonchev–Trinajstić information content (AvgIpc) is 2.45. The summed E-state index contributed by atoms with van der Waals surface area (Å²) >= 11 is 6.02. The molecule has 2 amide bonds. The summed E-state index contributed by atoms with van der Waals surface area (Å²) < 4.78 is 13.1. The zero-order chi connectivity index (χ0) is 15.6. The molecular formula is C15H18ClFN2O2. The predicted octanol–water partition coefficient (Wildman–Crippen LogP) is 2.49. The first-order valence-electron chi connectivity index (χ1n) is 7.02. The molecule has 1 aromatic rings. The normalized spacial score (nSPS) is 22.4. The number of amides is 2. The van der Waals surface area contributed by atoms with Crippen molar-refractivity contribution < 1.29 is 14.0 Å². The van der Waals surface area contributed by atoms with Gasteiger partial charge in [-0.2, -0.15) is 0 Å². The van der Waals surface area contributed by atoms with Crippen LogP contribution in [-0.2, 0) is 16.1 Å². The lowest BCUT2D eigenvalue weighted by molar-refractivity contribution is -0.150. The zero-order valence-electron chi connectivity index (χ0n) is 12.0. The summed E-state index contributed by atoms with van der Waals surface area (Å²) in [5.41, 5.74) is 0.634. The molecule has 1 aromatic carbocycles. The van der Waals surface area contributed by atoms with Crippen LogP contribution in [0.15, 0.2) is 18.2 Å². The Morgan fingerprint density at radius 2 is 2.00 bits per heavy atom. The Balaban J connectivity index is 2.28. The standard InChI is InChI=1S/C15H18ClFN2O2/c1-3-12-15(21)19(13(4-2)14(20)18-12)8-9-5-6-10(17)7-11(9)16/h5-7,12-13H,3-4,8H2,1-2H3,(H,18,20). The summed E-state index contributed by atoms with van der Waals surface area (Å²) in [4.78, 5) is 26.1. The van der Waals surface area contributed by atoms with Gasteiger partial charge in [-0.05, 0) is 30.5 Å². The van der Waals surface area contributed by atoms with Gasteiger partial charge in [0.05, 0.1) is 0 Å². The second-order valence-electron chi connectivity index (χ2n) is 5.10. The number of piperazine rings is 1. The minimum atomic E-state index is -0.513. The number of nitrogens with zero attached hydrogens (tertiary/aromatic N) is 1. The van der Waals surface area contributed by atoms with E-state index in [9.17, 15) is 14.0 Å². The number of carbonyl (C=O) groups is 2. The van der Waals surface area contributed by atoms with Gasteiger partial charge in [0.1, 0.15) is 17.9 Å². The maximum atomic E-state index is 13.1. The largest absolute Gasteiger partial charge is 0.343 e. The fraction of sp³-hybridized carbons (Fsp3) is 0.467. The minimum absolute atomic E-state index is 0.121. The molecule has 0 saturated carbocycles. The van der Waals surface area contributed by atoms with Gasteiger partial charge in [0.2, 0.25) is 11.8 Å². The predicted molar refractivity (Wildman–Crippen MR) is 78.3 cm³/mol. The van der Waals surface area contributed by atoms with Gasteiger partial charge >= 0.3 is 0 Å². The maximum absolute atomic E-state index is 13.1. The number of rotatable bonds is 4. The molecule has 2 atom stereocenters. The van der Waals surface area contributed by atoms with E-state index < -0.39 is 17.9 Å². The van der Waals surface area contributed by atoms with Crippen LogP contribution in [0.5, 0.6) is 0 Å². The van der Waals surface area contributed by atoms with Crippen LogP contribution in [0.3, 0.4) is 0 Å². The van der Waals surface area contributed by atoms with E-state index in [-0.39, 0.29) is 23.4 Å². The Morgan fingerprint density at radius 1 is 1.29 bits per heavy atom. The molecule has 1 fully saturated rings. The topological polar surface area (TPSA) is 49.4 Å². The third-order valence-corrected chi connectivity index (χ3v) is 4.08. The molecule has 114 valence electrons. The molecule has 0 radical (unpaired) electrons. The highest BCUT2D eigenvalue weighted by molar-refractivity contribution is 6.31. The number of carbonyl (C=O) groups excluding carboxylic acids is 2. The van der Waals surface area contributed by atoms with Crippen LogP contribution in [0.25, 0.3) is 0 Å². The molecule has 0 aliphatic carbocycles. The van der Waals surface area contributed by atoms with Crippen molar-refractivity contribution in [1.29, 1.82) is 0 Å². The Bertz CT molecular complexity index is 565. The molecule has 1 aliphatic rings. The van der Waals surface area contributed by atoms with E-state index in [1.807, 2.05) is 13.8 Å². The fourth-order valence-electron chi connectivity index (χ4n) is 2.53. The van der Waals surface area contributed by atoms with Crippen LogP contribution in [-0.4, -0.2) is 28.8 Å². The molecule has 0 bridgehead atoms. The van der Waals surface area contributed by atoms with E-state index in [2.05, 4.69) is 5.32 Å². The lowest BCUT2D eigenvalue weighted by Crippen LogP contribution is -2.62. The van der Waals surface area contributed by atoms with Crippen molar-refractivity contribution in [3.8, 4) is 0 Å². The molecule has 6 heteroatoms. The van der Waals surface area contributed by atoms with E-state index in [4.69, 9.17) is 11.6 Å². The summed E-state index contributed by atoms with van der Waals surface area (Å²) in [6, 6.07) is 3.05. The van der Waals surface area contributed by atoms with Crippen molar-refractivity contribution in [3.05, 3.63) is 34.6 Å². The molecule has 0 aromatic heterocycles. The highest BCUT2D eigenvalue weighted by atomic mass is 35.5. The van der Waals surface area contributed by atoms with Crippen molar-refractivity contribution in [3.63, 3.8) is 0 Å². The number of halogens is 2. The van der Waals surface area contributed by atoms with Crippen LogP contribution >= 0.6 is 11.6 Å². The molecule has 4 nitrogen and oxygen atoms in total. The van der Waals surface area contributed by atoms with Crippen LogP contribution in [0.1, 0.15) is 32.3 Å². The first-order valence-corrected chi connectivity index (χ1v) is 7.40. The molecular weight excluding hydrogens is 295 g/mol. The summed E-state index contributed by atoms with van der Waals surface area (Å²) in [6.45, 7) is 3.90. The van der Waals surface area contributed by atoms with Gasteiger partial charge in [-0.25, -0.2) is 4.39 Å². The van der Waals surface area contributed by atoms with E-state index in [1.165, 1.54) is 17.0 Å². The molecule has 2 rings (SSSR count). The molecule has 1 N–H and O–H groups in total. The number of hydrogen-bond donors (Lipinski definition) is 1. The van der Waals surface area contributed by atoms with Gasteiger partial charge in [0.25, 0.3) is 0 Å². The van der Waals surface area contributed by atoms with Gasteiger partial charge in [0, 0.05) is 11.6 Å². The summed E-state index contributed by atoms with van der Waals surface area (Å²) in [6.07, 6.45) is 1.06. The maximum Gasteiger partial charge on any atom is 0.246 e. The number of benzene rings is 1. The lowest BCUT2D eigenvalue weighted by atomic mass is 10.0. The second kappa shape index (κ2) is 6.43. The van der Waals surface area contributed by atoms with Gasteiger partial charge in [0.15, 0.2) is 0 Å². The van der Waals surface area contributed by atoms with Crippen molar-refractivity contribution >= 4 is 23.4 Å². The summed E-state index contributed by atoms with van der Waals surface area (Å²) in [5, 5.41) is 2.99. The minimum Gasteiger partial charge on any atom is -0.343 e. The lowest BCUT2D eigenvalue weighted by Gasteiger charge is -2.38. The summed E-state index contributed by atoms with van der Waals surface area (Å²) in [7, 11) is 0. The number of nitrogens with one attached hydrogen (secondary N) is 1. The Morgan fingerprint density at radius 3 is 2.57 bits per heavy atom. The molecule has 2 unspecified atom stereocenters. The van der Waals surface area contributed by atoms with Crippen molar-refractivity contribution in [1.82, 2.24) is 10.2 Å². The fourth-order valence-corrected chi connectivity index (χ4v) is 2.76. The first kappa shape index (κ1) is 15.8. The SMILES string of the molecule is CCC1NC(=O)C(CC)N(Cc2ccc(F)cc2Cl)C1=O. The van der Waals surface area contributed by atoms with Crippen molar-refractivity contribution in [2.24, 2.45) is 0 Å². The Hall–Kier alpha value is -1.62. The molecule has 1 aliphatic heterocycles. The third kappa shape index (κ3) is 3.18. The van der Waals surface area contributed by atoms with Crippen LogP contribution in [0.4, 0.5) is 4.39 Å². The molecule has 21 heavy (non-hydrogen) atoms. The van der Waals surface area contributed by atoms with E-state index >= 15 is 0 Å². The van der Waals surface area contributed by atoms with E-state index in [1.54, 1.807) is 6.07 Å². The van der Waals surface area contributed by atoms with Crippen molar-refractivity contribution in [2.75, 3.05) is 0 Å². The Labute approximate surface area is 128 Å². The van der Waals surface area contributed by atoms with Crippen LogP contribution in [0, 0.1) is 5.82 Å². The molecule has 1 saturated heterocycles. The van der Waals surface area contributed by atoms with Gasteiger partial charge in [-0.1, -0.05) is 31.5 Å². The van der Waals surface area contributed by atoms with E-state index in [0.717, 1.165) is 0 Å². The quantitative estimate of drug-likeness (QED) is 0.928. The van der Waals surface area contributed by atoms with Crippen LogP contribution < -0.4 is 5.32 Å². The first-order chi connectivity index (χ1) is 9.97. The zero-order valence-corrected chi connectivity index (χ0v) is 12.8. The third-order valence-electron chi connectivity index (χ3n) is 3.73. The van der Waals surface area contributed by atoms with Crippen molar-refractivity contribution in [2.45, 2.75) is 45.3 Å². The van der Waals surface area contributed by atoms with Gasteiger partial charge in [-0.3, -0.25) is 9.59 Å². The number of hydrogen-bond acceptors (Lipinski definition) is 2. The molecule has 0 spiro atoms. The van der Waals surface area contributed by atoms with E-state index in [0.29, 0.717) is 18.4 Å². The van der Waals surface area contributed by atoms with Gasteiger partial charge in [-0.15, -0.1) is 0 Å². The monoisotopic (exact) mass is 312 g/mol. The second-order valence-corrected chi connectivity index (χ2v) is 5.50. The summed E-state index contributed by atoms with van der Waals surface area (Å²) in [5.74, 6) is -0.698. The molecule has 1 heterocycles. The average molecular weight is 313 g/mol. The highest BCUT2D eigenvalue weighted by Gasteiger charge is 2.38. The highest BCUT2D eigenvalue weighted by Crippen LogP contribution is 2.23. The van der Waals surface area contributed by atoms with Gasteiger partial charge < -0.3 is 10.2 Å². The Kier molecular flexibility index (Phi) is 4.83. The van der Waals surface area contributed by atoms with Crippen LogP contribution in [0.2, 0.25) is 5.02 Å². The smallest absolute Gasteiger partial charge is 0.246 e.